The maximum Gasteiger partial charge on any atom is 0.0721 e. The zero-order valence-electron chi connectivity index (χ0n) is 9.65. The second-order valence-electron chi connectivity index (χ2n) is 3.49. The van der Waals surface area contributed by atoms with Gasteiger partial charge in [-0.25, -0.2) is 0 Å². The monoisotopic (exact) mass is 236 g/mol. The average molecular weight is 237 g/mol. The number of allylic oxidation sites excluding steroid dienone is 1. The molecule has 0 fully saturated rings. The Labute approximate surface area is 102 Å². The van der Waals surface area contributed by atoms with Crippen molar-refractivity contribution >= 4 is 17.3 Å². The number of nitrogens with two attached hydrogens (primary N) is 1. The van der Waals surface area contributed by atoms with E-state index in [0.29, 0.717) is 0 Å². The Morgan fingerprint density at radius 1 is 1.44 bits per heavy atom. The SMILES string of the molecule is CC/C=C\C(=NC)C(N)c1ccc(Cl)cc1. The molecule has 1 aromatic carbocycles. The molecular formula is C13H17ClN2. The van der Waals surface area contributed by atoms with E-state index in [2.05, 4.69) is 18.0 Å². The van der Waals surface area contributed by atoms with E-state index >= 15 is 0 Å². The standard InChI is InChI=1S/C13H17ClN2/c1-3-4-5-12(16-2)13(15)10-6-8-11(14)9-7-10/h4-9,13H,3,15H2,1-2H3/b5-4-,16-12?. The van der Waals surface area contributed by atoms with E-state index in [1.165, 1.54) is 0 Å². The quantitative estimate of drug-likeness (QED) is 0.800. The number of nitrogens with zero attached hydrogens (tertiary/aromatic N) is 1. The number of rotatable bonds is 4. The number of aliphatic imine (C=N–C) groups is 1. The second kappa shape index (κ2) is 6.46. The molecule has 16 heavy (non-hydrogen) atoms. The molecule has 0 bridgehead atoms. The summed E-state index contributed by atoms with van der Waals surface area (Å²) >= 11 is 5.83. The van der Waals surface area contributed by atoms with Crippen LogP contribution in [-0.4, -0.2) is 12.8 Å². The van der Waals surface area contributed by atoms with Crippen LogP contribution >= 0.6 is 11.6 Å². The number of halogens is 1. The predicted octanol–water partition coefficient (Wildman–Crippen LogP) is 3.38. The Hall–Kier alpha value is -1.12. The van der Waals surface area contributed by atoms with Gasteiger partial charge in [0.1, 0.15) is 0 Å². The molecule has 1 unspecified atom stereocenters. The summed E-state index contributed by atoms with van der Waals surface area (Å²) < 4.78 is 0. The Kier molecular flexibility index (Phi) is 5.23. The molecule has 1 aromatic rings. The van der Waals surface area contributed by atoms with Crippen LogP contribution in [0, 0.1) is 0 Å². The zero-order chi connectivity index (χ0) is 12.0. The Morgan fingerprint density at radius 2 is 2.06 bits per heavy atom. The van der Waals surface area contributed by atoms with Crippen molar-refractivity contribution in [1.29, 1.82) is 0 Å². The van der Waals surface area contributed by atoms with Gasteiger partial charge in [0, 0.05) is 12.1 Å². The Bertz CT molecular complexity index is 379. The van der Waals surface area contributed by atoms with Crippen LogP contribution in [0.4, 0.5) is 0 Å². The number of benzene rings is 1. The fourth-order valence-electron chi connectivity index (χ4n) is 1.40. The van der Waals surface area contributed by atoms with Gasteiger partial charge in [-0.3, -0.25) is 4.99 Å². The van der Waals surface area contributed by atoms with Crippen LogP contribution in [0.25, 0.3) is 0 Å². The van der Waals surface area contributed by atoms with E-state index in [4.69, 9.17) is 17.3 Å². The second-order valence-corrected chi connectivity index (χ2v) is 3.92. The molecule has 0 aliphatic carbocycles. The van der Waals surface area contributed by atoms with Gasteiger partial charge in [-0.2, -0.15) is 0 Å². The number of hydrogen-bond acceptors (Lipinski definition) is 2. The van der Waals surface area contributed by atoms with Crippen molar-refractivity contribution < 1.29 is 0 Å². The Balaban J connectivity index is 2.87. The molecule has 2 nitrogen and oxygen atoms in total. The lowest BCUT2D eigenvalue weighted by atomic mass is 10.0. The molecule has 0 aliphatic heterocycles. The molecule has 0 heterocycles. The molecule has 1 atom stereocenters. The summed E-state index contributed by atoms with van der Waals surface area (Å²) in [6.45, 7) is 2.08. The van der Waals surface area contributed by atoms with E-state index in [-0.39, 0.29) is 6.04 Å². The molecule has 0 radical (unpaired) electrons. The van der Waals surface area contributed by atoms with Crippen LogP contribution in [0.15, 0.2) is 41.4 Å². The maximum absolute atomic E-state index is 6.12. The van der Waals surface area contributed by atoms with Gasteiger partial charge in [0.25, 0.3) is 0 Å². The van der Waals surface area contributed by atoms with Crippen molar-refractivity contribution in [2.24, 2.45) is 10.7 Å². The molecule has 3 heteroatoms. The van der Waals surface area contributed by atoms with Gasteiger partial charge >= 0.3 is 0 Å². The molecule has 0 aliphatic rings. The predicted molar refractivity (Wildman–Crippen MR) is 71.2 cm³/mol. The van der Waals surface area contributed by atoms with Gasteiger partial charge < -0.3 is 5.73 Å². The summed E-state index contributed by atoms with van der Waals surface area (Å²) in [5.74, 6) is 0. The number of hydrogen-bond donors (Lipinski definition) is 1. The van der Waals surface area contributed by atoms with Crippen molar-refractivity contribution in [3.05, 3.63) is 47.0 Å². The minimum absolute atomic E-state index is 0.190. The lowest BCUT2D eigenvalue weighted by molar-refractivity contribution is 0.959. The van der Waals surface area contributed by atoms with Gasteiger partial charge in [0.2, 0.25) is 0 Å². The van der Waals surface area contributed by atoms with Gasteiger partial charge in [-0.15, -0.1) is 0 Å². The highest BCUT2D eigenvalue weighted by Crippen LogP contribution is 2.16. The average Bonchev–Trinajstić information content (AvgIpc) is 2.30. The zero-order valence-corrected chi connectivity index (χ0v) is 10.4. The highest BCUT2D eigenvalue weighted by Gasteiger charge is 2.09. The Morgan fingerprint density at radius 3 is 2.56 bits per heavy atom. The van der Waals surface area contributed by atoms with Gasteiger partial charge in [0.05, 0.1) is 11.8 Å². The lowest BCUT2D eigenvalue weighted by Gasteiger charge is -2.12. The van der Waals surface area contributed by atoms with Crippen LogP contribution < -0.4 is 5.73 Å². The molecule has 0 amide bonds. The fourth-order valence-corrected chi connectivity index (χ4v) is 1.52. The van der Waals surface area contributed by atoms with E-state index in [1.807, 2.05) is 30.3 Å². The summed E-state index contributed by atoms with van der Waals surface area (Å²) in [5, 5.41) is 0.718. The molecular weight excluding hydrogens is 220 g/mol. The van der Waals surface area contributed by atoms with Crippen LogP contribution in [0.3, 0.4) is 0 Å². The molecule has 0 aromatic heterocycles. The van der Waals surface area contributed by atoms with Crippen LogP contribution in [0.5, 0.6) is 0 Å². The summed E-state index contributed by atoms with van der Waals surface area (Å²) in [5.41, 5.74) is 8.01. The first-order valence-electron chi connectivity index (χ1n) is 5.33. The molecule has 0 saturated carbocycles. The van der Waals surface area contributed by atoms with Gasteiger partial charge in [-0.05, 0) is 30.2 Å². The lowest BCUT2D eigenvalue weighted by Crippen LogP contribution is -2.19. The third-order valence-corrected chi connectivity index (χ3v) is 2.58. The van der Waals surface area contributed by atoms with E-state index in [9.17, 15) is 0 Å². The summed E-state index contributed by atoms with van der Waals surface area (Å²) in [7, 11) is 1.76. The highest BCUT2D eigenvalue weighted by molar-refractivity contribution is 6.30. The molecule has 86 valence electrons. The van der Waals surface area contributed by atoms with Gasteiger partial charge in [-0.1, -0.05) is 36.7 Å². The van der Waals surface area contributed by atoms with Crippen molar-refractivity contribution in [2.45, 2.75) is 19.4 Å². The molecule has 2 N–H and O–H groups in total. The smallest absolute Gasteiger partial charge is 0.0721 e. The fraction of sp³-hybridized carbons (Fsp3) is 0.308. The van der Waals surface area contributed by atoms with Crippen molar-refractivity contribution in [3.63, 3.8) is 0 Å². The summed E-state index contributed by atoms with van der Waals surface area (Å²) in [6, 6.07) is 7.35. The van der Waals surface area contributed by atoms with Crippen LogP contribution in [-0.2, 0) is 0 Å². The third kappa shape index (κ3) is 3.47. The first-order chi connectivity index (χ1) is 7.69. The summed E-state index contributed by atoms with van der Waals surface area (Å²) in [4.78, 5) is 4.20. The largest absolute Gasteiger partial charge is 0.319 e. The first-order valence-corrected chi connectivity index (χ1v) is 5.71. The minimum Gasteiger partial charge on any atom is -0.319 e. The maximum atomic E-state index is 6.12. The molecule has 1 rings (SSSR count). The van der Waals surface area contributed by atoms with Crippen molar-refractivity contribution in [2.75, 3.05) is 7.05 Å². The van der Waals surface area contributed by atoms with Gasteiger partial charge in [0.15, 0.2) is 0 Å². The van der Waals surface area contributed by atoms with Crippen LogP contribution in [0.1, 0.15) is 24.9 Å². The first kappa shape index (κ1) is 12.9. The molecule has 0 spiro atoms. The molecule has 0 saturated heterocycles. The highest BCUT2D eigenvalue weighted by atomic mass is 35.5. The van der Waals surface area contributed by atoms with E-state index < -0.39 is 0 Å². The van der Waals surface area contributed by atoms with Crippen molar-refractivity contribution in [1.82, 2.24) is 0 Å². The normalized spacial score (nSPS) is 14.4. The topological polar surface area (TPSA) is 38.4 Å². The summed E-state index contributed by atoms with van der Waals surface area (Å²) in [6.07, 6.45) is 5.00. The minimum atomic E-state index is -0.190. The van der Waals surface area contributed by atoms with E-state index in [0.717, 1.165) is 22.7 Å². The van der Waals surface area contributed by atoms with Crippen molar-refractivity contribution in [3.8, 4) is 0 Å². The van der Waals surface area contributed by atoms with E-state index in [1.54, 1.807) is 7.05 Å². The third-order valence-electron chi connectivity index (χ3n) is 2.33. The van der Waals surface area contributed by atoms with Crippen LogP contribution in [0.2, 0.25) is 5.02 Å².